The van der Waals surface area contributed by atoms with Crippen molar-refractivity contribution in [1.29, 1.82) is 0 Å². The largest absolute Gasteiger partial charge is 0.375 e. The predicted molar refractivity (Wildman–Crippen MR) is 77.8 cm³/mol. The Morgan fingerprint density at radius 3 is 2.94 bits per heavy atom. The van der Waals surface area contributed by atoms with Crippen LogP contribution in [-0.4, -0.2) is 29.4 Å². The maximum absolute atomic E-state index is 5.28. The highest BCUT2D eigenvalue weighted by Crippen LogP contribution is 2.19. The van der Waals surface area contributed by atoms with E-state index in [4.69, 9.17) is 5.73 Å². The first-order chi connectivity index (χ1) is 8.75. The second-order valence-corrected chi connectivity index (χ2v) is 4.66. The van der Waals surface area contributed by atoms with Crippen LogP contribution in [0.1, 0.15) is 25.0 Å². The van der Waals surface area contributed by atoms with Crippen LogP contribution in [0.15, 0.2) is 23.4 Å². The number of pyridine rings is 1. The molecule has 3 N–H and O–H groups in total. The Morgan fingerprint density at radius 1 is 1.44 bits per heavy atom. The van der Waals surface area contributed by atoms with E-state index in [-0.39, 0.29) is 5.11 Å². The number of rotatable bonds is 3. The molecule has 0 saturated carbocycles. The zero-order chi connectivity index (χ0) is 12.8. The number of thiocarbonyl (C=S) groups is 1. The van der Waals surface area contributed by atoms with Crippen LogP contribution in [0.5, 0.6) is 0 Å². The number of anilines is 1. The fraction of sp³-hybridized carbons (Fsp3) is 0.417. The Bertz CT molecular complexity index is 440. The Balaban J connectivity index is 2.04. The highest BCUT2D eigenvalue weighted by Gasteiger charge is 2.10. The van der Waals surface area contributed by atoms with Crippen LogP contribution in [0.4, 0.5) is 5.69 Å². The van der Waals surface area contributed by atoms with Crippen LogP contribution in [-0.2, 0) is 0 Å². The molecule has 2 heterocycles. The van der Waals surface area contributed by atoms with E-state index in [2.05, 4.69) is 32.6 Å². The summed E-state index contributed by atoms with van der Waals surface area (Å²) in [5.74, 6) is 0. The van der Waals surface area contributed by atoms with Gasteiger partial charge in [-0.1, -0.05) is 0 Å². The molecule has 1 aliphatic rings. The number of hydrogen-bond acceptors (Lipinski definition) is 4. The molecule has 1 aliphatic heterocycles. The fourth-order valence-corrected chi connectivity index (χ4v) is 2.07. The van der Waals surface area contributed by atoms with Crippen LogP contribution in [0.25, 0.3) is 0 Å². The summed E-state index contributed by atoms with van der Waals surface area (Å²) in [7, 11) is 0. The molecule has 5 nitrogen and oxygen atoms in total. The van der Waals surface area contributed by atoms with Gasteiger partial charge < -0.3 is 10.6 Å². The van der Waals surface area contributed by atoms with Crippen molar-refractivity contribution in [3.63, 3.8) is 0 Å². The topological polar surface area (TPSA) is 66.5 Å². The average molecular weight is 263 g/mol. The summed E-state index contributed by atoms with van der Waals surface area (Å²) in [6, 6.07) is 4.06. The van der Waals surface area contributed by atoms with Gasteiger partial charge in [0.15, 0.2) is 5.11 Å². The minimum atomic E-state index is 0.151. The molecule has 1 fully saturated rings. The Kier molecular flexibility index (Phi) is 4.46. The zero-order valence-electron chi connectivity index (χ0n) is 10.2. The minimum absolute atomic E-state index is 0.151. The molecular weight excluding hydrogens is 246 g/mol. The van der Waals surface area contributed by atoms with Gasteiger partial charge in [-0.25, -0.2) is 0 Å². The number of aromatic nitrogens is 1. The predicted octanol–water partition coefficient (Wildman–Crippen LogP) is 1.24. The van der Waals surface area contributed by atoms with Crippen LogP contribution < -0.4 is 16.1 Å². The third-order valence-corrected chi connectivity index (χ3v) is 2.95. The first-order valence-electron chi connectivity index (χ1n) is 6.05. The van der Waals surface area contributed by atoms with Crippen LogP contribution in [0, 0.1) is 0 Å². The summed E-state index contributed by atoms with van der Waals surface area (Å²) in [4.78, 5) is 6.61. The molecule has 0 bridgehead atoms. The molecule has 1 aromatic rings. The summed E-state index contributed by atoms with van der Waals surface area (Å²) in [6.45, 7) is 2.23. The Hall–Kier alpha value is -1.69. The molecule has 18 heavy (non-hydrogen) atoms. The molecule has 0 atom stereocenters. The van der Waals surface area contributed by atoms with Gasteiger partial charge in [0, 0.05) is 25.0 Å². The standard InChI is InChI=1S/C12H17N5S/c13-12(18)16-15-9-10-8-11(4-5-14-10)17-6-2-1-3-7-17/h4-5,8-9H,1-3,6-7H2,(H3,13,16,18). The van der Waals surface area contributed by atoms with E-state index in [1.54, 1.807) is 12.4 Å². The highest BCUT2D eigenvalue weighted by atomic mass is 32.1. The van der Waals surface area contributed by atoms with Crippen LogP contribution >= 0.6 is 12.2 Å². The highest BCUT2D eigenvalue weighted by molar-refractivity contribution is 7.80. The summed E-state index contributed by atoms with van der Waals surface area (Å²) in [5, 5.41) is 4.06. The van der Waals surface area contributed by atoms with E-state index < -0.39 is 0 Å². The number of nitrogens with one attached hydrogen (secondary N) is 1. The van der Waals surface area contributed by atoms with Gasteiger partial charge in [-0.05, 0) is 43.6 Å². The maximum atomic E-state index is 5.28. The van der Waals surface area contributed by atoms with Crippen molar-refractivity contribution in [2.75, 3.05) is 18.0 Å². The summed E-state index contributed by atoms with van der Waals surface area (Å²) in [5.41, 5.74) is 9.79. The summed E-state index contributed by atoms with van der Waals surface area (Å²) < 4.78 is 0. The zero-order valence-corrected chi connectivity index (χ0v) is 11.0. The maximum Gasteiger partial charge on any atom is 0.184 e. The van der Waals surface area contributed by atoms with Crippen molar-refractivity contribution in [1.82, 2.24) is 10.4 Å². The molecule has 0 amide bonds. The smallest absolute Gasteiger partial charge is 0.184 e. The van der Waals surface area contributed by atoms with E-state index >= 15 is 0 Å². The van der Waals surface area contributed by atoms with Gasteiger partial charge in [-0.2, -0.15) is 5.10 Å². The molecule has 96 valence electrons. The van der Waals surface area contributed by atoms with Gasteiger partial charge in [0.2, 0.25) is 0 Å². The average Bonchev–Trinajstić information content (AvgIpc) is 2.40. The molecule has 0 unspecified atom stereocenters. The van der Waals surface area contributed by atoms with E-state index in [1.807, 2.05) is 12.1 Å². The lowest BCUT2D eigenvalue weighted by atomic mass is 10.1. The van der Waals surface area contributed by atoms with Crippen molar-refractivity contribution in [2.45, 2.75) is 19.3 Å². The molecule has 0 spiro atoms. The second kappa shape index (κ2) is 6.30. The third-order valence-electron chi connectivity index (χ3n) is 2.86. The number of hydrogen-bond donors (Lipinski definition) is 2. The van der Waals surface area contributed by atoms with E-state index in [0.29, 0.717) is 0 Å². The molecule has 2 rings (SSSR count). The number of nitrogens with zero attached hydrogens (tertiary/aromatic N) is 3. The lowest BCUT2D eigenvalue weighted by Crippen LogP contribution is -2.29. The Labute approximate surface area is 112 Å². The van der Waals surface area contributed by atoms with Gasteiger partial charge in [0.25, 0.3) is 0 Å². The fourth-order valence-electron chi connectivity index (χ4n) is 2.02. The van der Waals surface area contributed by atoms with Crippen LogP contribution in [0.3, 0.4) is 0 Å². The number of piperidine rings is 1. The lowest BCUT2D eigenvalue weighted by Gasteiger charge is -2.28. The van der Waals surface area contributed by atoms with Crippen molar-refractivity contribution in [2.24, 2.45) is 10.8 Å². The molecule has 1 saturated heterocycles. The van der Waals surface area contributed by atoms with Crippen LogP contribution in [0.2, 0.25) is 0 Å². The monoisotopic (exact) mass is 263 g/mol. The van der Waals surface area contributed by atoms with E-state index in [9.17, 15) is 0 Å². The first-order valence-corrected chi connectivity index (χ1v) is 6.46. The van der Waals surface area contributed by atoms with Gasteiger partial charge in [0.05, 0.1) is 11.9 Å². The third kappa shape index (κ3) is 3.66. The molecule has 0 radical (unpaired) electrons. The van der Waals surface area contributed by atoms with E-state index in [1.165, 1.54) is 24.9 Å². The van der Waals surface area contributed by atoms with Gasteiger partial charge in [-0.15, -0.1) is 0 Å². The van der Waals surface area contributed by atoms with Gasteiger partial charge in [-0.3, -0.25) is 10.4 Å². The Morgan fingerprint density at radius 2 is 2.22 bits per heavy atom. The van der Waals surface area contributed by atoms with Gasteiger partial charge in [0.1, 0.15) is 0 Å². The molecular formula is C12H17N5S. The molecule has 0 aromatic carbocycles. The van der Waals surface area contributed by atoms with Crippen molar-refractivity contribution in [3.8, 4) is 0 Å². The van der Waals surface area contributed by atoms with Gasteiger partial charge >= 0.3 is 0 Å². The quantitative estimate of drug-likeness (QED) is 0.488. The first kappa shape index (κ1) is 12.8. The summed E-state index contributed by atoms with van der Waals surface area (Å²) in [6.07, 6.45) is 7.26. The molecule has 6 heteroatoms. The van der Waals surface area contributed by atoms with Crippen molar-refractivity contribution >= 4 is 29.2 Å². The van der Waals surface area contributed by atoms with E-state index in [0.717, 1.165) is 18.8 Å². The lowest BCUT2D eigenvalue weighted by molar-refractivity contribution is 0.577. The summed E-state index contributed by atoms with van der Waals surface area (Å²) >= 11 is 4.66. The molecule has 0 aliphatic carbocycles. The normalized spacial score (nSPS) is 15.9. The SMILES string of the molecule is NC(=S)NN=Cc1cc(N2CCCCC2)ccn1. The minimum Gasteiger partial charge on any atom is -0.375 e. The number of hydrazone groups is 1. The number of nitrogens with two attached hydrogens (primary N) is 1. The molecule has 1 aromatic heterocycles. The van der Waals surface area contributed by atoms with Crippen molar-refractivity contribution in [3.05, 3.63) is 24.0 Å². The van der Waals surface area contributed by atoms with Crippen molar-refractivity contribution < 1.29 is 0 Å². The second-order valence-electron chi connectivity index (χ2n) is 4.22.